The fraction of sp³-hybridized carbons (Fsp3) is 0.250. The lowest BCUT2D eigenvalue weighted by atomic mass is 10.1. The van der Waals surface area contributed by atoms with Crippen LogP contribution in [0.15, 0.2) is 12.1 Å². The van der Waals surface area contributed by atoms with Crippen molar-refractivity contribution in [3.8, 4) is 0 Å². The van der Waals surface area contributed by atoms with Gasteiger partial charge in [-0.15, -0.1) is 0 Å². The molecule has 0 aliphatic carbocycles. The minimum Gasteiger partial charge on any atom is -0.398 e. The molecule has 1 rings (SSSR count). The van der Waals surface area contributed by atoms with Gasteiger partial charge < -0.3 is 10.8 Å². The molecule has 0 aromatic heterocycles. The molecule has 0 unspecified atom stereocenters. The van der Waals surface area contributed by atoms with Gasteiger partial charge in [-0.05, 0) is 0 Å². The summed E-state index contributed by atoms with van der Waals surface area (Å²) in [6.45, 7) is -0.411. The van der Waals surface area contributed by atoms with Crippen molar-refractivity contribution in [2.24, 2.45) is 0 Å². The van der Waals surface area contributed by atoms with E-state index in [2.05, 4.69) is 0 Å². The molecule has 16 heavy (non-hydrogen) atoms. The van der Waals surface area contributed by atoms with Gasteiger partial charge in [-0.1, -0.05) is 0 Å². The van der Waals surface area contributed by atoms with Crippen molar-refractivity contribution >= 4 is 17.1 Å². The molecule has 0 radical (unpaired) electrons. The van der Waals surface area contributed by atoms with E-state index in [1.807, 2.05) is 0 Å². The molecular weight excluding hydrogens is 218 g/mol. The highest BCUT2D eigenvalue weighted by molar-refractivity contribution is 5.63. The van der Waals surface area contributed by atoms with Crippen molar-refractivity contribution in [3.63, 3.8) is 0 Å². The molecule has 0 aliphatic heterocycles. The van der Waals surface area contributed by atoms with Crippen molar-refractivity contribution in [1.29, 1.82) is 0 Å². The third kappa shape index (κ3) is 2.23. The Morgan fingerprint density at radius 1 is 1.19 bits per heavy atom. The van der Waals surface area contributed by atoms with E-state index in [1.165, 1.54) is 0 Å². The minimum atomic E-state index is -0.756. The molecule has 0 amide bonds. The number of benzene rings is 1. The second-order valence-corrected chi connectivity index (χ2v) is 3.03. The number of aliphatic hydroxyl groups is 1. The maximum Gasteiger partial charge on any atom is 0.281 e. The number of hydrogen-bond donors (Lipinski definition) is 2. The summed E-state index contributed by atoms with van der Waals surface area (Å²) < 4.78 is 0. The zero-order valence-electron chi connectivity index (χ0n) is 8.12. The normalized spacial score (nSPS) is 10.1. The molecule has 0 bridgehead atoms. The number of nitro groups is 2. The van der Waals surface area contributed by atoms with Gasteiger partial charge in [0, 0.05) is 30.8 Å². The Kier molecular flexibility index (Phi) is 3.36. The Balaban J connectivity index is 3.47. The lowest BCUT2D eigenvalue weighted by Crippen LogP contribution is -2.04. The number of nitrogen functional groups attached to an aromatic ring is 1. The lowest BCUT2D eigenvalue weighted by Gasteiger charge is -2.03. The van der Waals surface area contributed by atoms with Crippen molar-refractivity contribution in [1.82, 2.24) is 0 Å². The van der Waals surface area contributed by atoms with E-state index in [1.54, 1.807) is 0 Å². The summed E-state index contributed by atoms with van der Waals surface area (Å²) in [4.78, 5) is 19.8. The number of hydrogen-bond acceptors (Lipinski definition) is 6. The summed E-state index contributed by atoms with van der Waals surface area (Å²) in [6.07, 6.45) is -0.160. The van der Waals surface area contributed by atoms with Gasteiger partial charge in [-0.2, -0.15) is 0 Å². The maximum absolute atomic E-state index is 10.7. The number of aliphatic hydroxyl groups excluding tert-OH is 1. The molecule has 0 spiro atoms. The summed E-state index contributed by atoms with van der Waals surface area (Å²) >= 11 is 0. The smallest absolute Gasteiger partial charge is 0.281 e. The molecule has 0 aliphatic rings. The Morgan fingerprint density at radius 2 is 1.62 bits per heavy atom. The van der Waals surface area contributed by atoms with Crippen LogP contribution in [0.5, 0.6) is 0 Å². The SMILES string of the molecule is Nc1cc([N+](=O)[O-])c(CCO)c([N+](=O)[O-])c1. The van der Waals surface area contributed by atoms with Crippen molar-refractivity contribution < 1.29 is 15.0 Å². The van der Waals surface area contributed by atoms with Gasteiger partial charge in [0.2, 0.25) is 0 Å². The molecule has 0 fully saturated rings. The van der Waals surface area contributed by atoms with Crippen LogP contribution < -0.4 is 5.73 Å². The number of anilines is 1. The average molecular weight is 227 g/mol. The Hall–Kier alpha value is -2.22. The number of nitrogens with two attached hydrogens (primary N) is 1. The van der Waals surface area contributed by atoms with Gasteiger partial charge in [-0.25, -0.2) is 0 Å². The van der Waals surface area contributed by atoms with Crippen molar-refractivity contribution in [2.45, 2.75) is 6.42 Å². The van der Waals surface area contributed by atoms with Crippen LogP contribution in [-0.4, -0.2) is 21.6 Å². The van der Waals surface area contributed by atoms with E-state index in [0.29, 0.717) is 0 Å². The van der Waals surface area contributed by atoms with E-state index in [0.717, 1.165) is 12.1 Å². The summed E-state index contributed by atoms with van der Waals surface area (Å²) in [6, 6.07) is 2.08. The highest BCUT2D eigenvalue weighted by atomic mass is 16.6. The van der Waals surface area contributed by atoms with Crippen LogP contribution in [0.4, 0.5) is 17.1 Å². The zero-order valence-corrected chi connectivity index (χ0v) is 8.12. The largest absolute Gasteiger partial charge is 0.398 e. The number of rotatable bonds is 4. The van der Waals surface area contributed by atoms with Gasteiger partial charge in [0.15, 0.2) is 0 Å². The van der Waals surface area contributed by atoms with Crippen LogP contribution >= 0.6 is 0 Å². The topological polar surface area (TPSA) is 133 Å². The molecule has 0 saturated heterocycles. The van der Waals surface area contributed by atoms with Crippen molar-refractivity contribution in [3.05, 3.63) is 37.9 Å². The van der Waals surface area contributed by atoms with E-state index in [9.17, 15) is 20.2 Å². The second-order valence-electron chi connectivity index (χ2n) is 3.03. The summed E-state index contributed by atoms with van der Waals surface area (Å²) in [5, 5.41) is 30.1. The predicted octanol–water partition coefficient (Wildman–Crippen LogP) is 0.620. The van der Waals surface area contributed by atoms with Crippen LogP contribution in [0.3, 0.4) is 0 Å². The van der Waals surface area contributed by atoms with E-state index in [-0.39, 0.29) is 17.7 Å². The molecule has 1 aromatic carbocycles. The molecule has 0 heterocycles. The third-order valence-corrected chi connectivity index (χ3v) is 1.98. The van der Waals surface area contributed by atoms with Crippen LogP contribution in [0.2, 0.25) is 0 Å². The van der Waals surface area contributed by atoms with Gasteiger partial charge in [0.25, 0.3) is 11.4 Å². The van der Waals surface area contributed by atoms with E-state index >= 15 is 0 Å². The lowest BCUT2D eigenvalue weighted by molar-refractivity contribution is -0.395. The van der Waals surface area contributed by atoms with Crippen LogP contribution in [0.1, 0.15) is 5.56 Å². The monoisotopic (exact) mass is 227 g/mol. The minimum absolute atomic E-state index is 0.0555. The van der Waals surface area contributed by atoms with Gasteiger partial charge >= 0.3 is 0 Å². The first-order valence-corrected chi connectivity index (χ1v) is 4.29. The van der Waals surface area contributed by atoms with E-state index in [4.69, 9.17) is 10.8 Å². The number of nitro benzene ring substituents is 2. The Morgan fingerprint density at radius 3 is 1.94 bits per heavy atom. The van der Waals surface area contributed by atoms with Gasteiger partial charge in [0.1, 0.15) is 5.56 Å². The average Bonchev–Trinajstić information content (AvgIpc) is 2.19. The predicted molar refractivity (Wildman–Crippen MR) is 55.0 cm³/mol. The maximum atomic E-state index is 10.7. The molecule has 8 nitrogen and oxygen atoms in total. The summed E-state index contributed by atoms with van der Waals surface area (Å²) in [7, 11) is 0. The van der Waals surface area contributed by atoms with Gasteiger partial charge in [-0.3, -0.25) is 20.2 Å². The van der Waals surface area contributed by atoms with Crippen LogP contribution in [-0.2, 0) is 6.42 Å². The highest BCUT2D eigenvalue weighted by Crippen LogP contribution is 2.31. The molecule has 0 saturated carbocycles. The second kappa shape index (κ2) is 4.53. The van der Waals surface area contributed by atoms with E-state index < -0.39 is 27.8 Å². The molecule has 86 valence electrons. The molecule has 1 aromatic rings. The molecular formula is C8H9N3O5. The third-order valence-electron chi connectivity index (χ3n) is 1.98. The van der Waals surface area contributed by atoms with Crippen molar-refractivity contribution in [2.75, 3.05) is 12.3 Å². The fourth-order valence-electron chi connectivity index (χ4n) is 1.36. The Labute approximate surface area is 89.6 Å². The molecule has 8 heteroatoms. The Bertz CT molecular complexity index is 410. The quantitative estimate of drug-likeness (QED) is 0.440. The van der Waals surface area contributed by atoms with Crippen LogP contribution in [0.25, 0.3) is 0 Å². The summed E-state index contributed by atoms with van der Waals surface area (Å²) in [5.74, 6) is 0. The zero-order chi connectivity index (χ0) is 12.3. The molecule has 0 atom stereocenters. The molecule has 3 N–H and O–H groups in total. The van der Waals surface area contributed by atoms with Gasteiger partial charge in [0.05, 0.1) is 9.85 Å². The summed E-state index contributed by atoms with van der Waals surface area (Å²) in [5.41, 5.74) is 4.27. The first-order chi connectivity index (χ1) is 7.47. The first kappa shape index (κ1) is 11.9. The van der Waals surface area contributed by atoms with Crippen LogP contribution in [0, 0.1) is 20.2 Å². The first-order valence-electron chi connectivity index (χ1n) is 4.29. The highest BCUT2D eigenvalue weighted by Gasteiger charge is 2.25. The standard InChI is InChI=1S/C8H9N3O5/c9-5-3-7(10(13)14)6(1-2-12)8(4-5)11(15)16/h3-4,12H,1-2,9H2. The number of nitrogens with zero attached hydrogens (tertiary/aromatic N) is 2. The fourth-order valence-corrected chi connectivity index (χ4v) is 1.36.